The minimum atomic E-state index is -1.74. The lowest BCUT2D eigenvalue weighted by Gasteiger charge is -2.15. The van der Waals surface area contributed by atoms with E-state index in [2.05, 4.69) is 20.3 Å². The predicted octanol–water partition coefficient (Wildman–Crippen LogP) is 5.72. The van der Waals surface area contributed by atoms with Gasteiger partial charge in [-0.3, -0.25) is 9.52 Å². The van der Waals surface area contributed by atoms with Gasteiger partial charge in [0.25, 0.3) is 0 Å². The molecule has 10 nitrogen and oxygen atoms in total. The first kappa shape index (κ1) is 28.4. The van der Waals surface area contributed by atoms with Crippen LogP contribution in [0.3, 0.4) is 0 Å². The molecule has 1 amide bonds. The highest BCUT2D eigenvalue weighted by atomic mass is 32.2. The Morgan fingerprint density at radius 1 is 0.738 bits per heavy atom. The van der Waals surface area contributed by atoms with Crippen molar-refractivity contribution in [2.75, 3.05) is 36.7 Å². The summed E-state index contributed by atoms with van der Waals surface area (Å²) in [5, 5.41) is 6.11. The molecule has 5 rings (SSSR count). The van der Waals surface area contributed by atoms with Crippen LogP contribution in [0.1, 0.15) is 5.56 Å². The maximum absolute atomic E-state index is 13.5. The quantitative estimate of drug-likeness (QED) is 0.181. The number of para-hydroxylation sites is 3. The van der Waals surface area contributed by atoms with Gasteiger partial charge in [0.2, 0.25) is 5.91 Å². The summed E-state index contributed by atoms with van der Waals surface area (Å²) in [6.07, 6.45) is 0.131. The van der Waals surface area contributed by atoms with Gasteiger partial charge in [0.15, 0.2) is 22.6 Å². The summed E-state index contributed by atoms with van der Waals surface area (Å²) in [5.41, 5.74) is 3.20. The highest BCUT2D eigenvalue weighted by Crippen LogP contribution is 2.31. The maximum Gasteiger partial charge on any atom is 0.228 e. The molecule has 0 aliphatic rings. The molecule has 3 N–H and O–H groups in total. The largest absolute Gasteiger partial charge is 0.497 e. The number of anilines is 4. The number of hydrogen-bond acceptors (Lipinski definition) is 8. The Bertz CT molecular complexity index is 1740. The lowest BCUT2D eigenvalue weighted by molar-refractivity contribution is -0.115. The number of amides is 1. The molecule has 1 heterocycles. The molecule has 0 radical (unpaired) electrons. The molecule has 0 bridgehead atoms. The van der Waals surface area contributed by atoms with E-state index in [1.165, 1.54) is 0 Å². The van der Waals surface area contributed by atoms with Gasteiger partial charge < -0.3 is 24.8 Å². The van der Waals surface area contributed by atoms with Crippen LogP contribution in [0.2, 0.25) is 0 Å². The Labute approximate surface area is 245 Å². The van der Waals surface area contributed by atoms with E-state index in [0.29, 0.717) is 50.4 Å². The number of fused-ring (bicyclic) bond motifs is 1. The number of aromatic nitrogens is 2. The van der Waals surface area contributed by atoms with Crippen molar-refractivity contribution in [3.8, 4) is 17.2 Å². The molecule has 0 fully saturated rings. The van der Waals surface area contributed by atoms with E-state index in [0.717, 1.165) is 5.56 Å². The third kappa shape index (κ3) is 6.76. The van der Waals surface area contributed by atoms with Crippen molar-refractivity contribution in [2.24, 2.45) is 0 Å². The molecule has 0 aliphatic carbocycles. The Morgan fingerprint density at radius 3 is 2.10 bits per heavy atom. The smallest absolute Gasteiger partial charge is 0.228 e. The predicted molar refractivity (Wildman–Crippen MR) is 164 cm³/mol. The Hall–Kier alpha value is -5.16. The molecule has 0 spiro atoms. The normalized spacial score (nSPS) is 11.4. The van der Waals surface area contributed by atoms with E-state index in [4.69, 9.17) is 19.2 Å². The molecular formula is C31H29N5O5S. The maximum atomic E-state index is 13.5. The molecule has 0 saturated heterocycles. The molecule has 11 heteroatoms. The van der Waals surface area contributed by atoms with Crippen molar-refractivity contribution in [2.45, 2.75) is 11.3 Å². The summed E-state index contributed by atoms with van der Waals surface area (Å²) in [6, 6.07) is 26.9. The number of benzene rings is 4. The second-order valence-electron chi connectivity index (χ2n) is 9.07. The van der Waals surface area contributed by atoms with E-state index in [9.17, 15) is 9.00 Å². The van der Waals surface area contributed by atoms with Gasteiger partial charge in [-0.25, -0.2) is 14.2 Å². The fourth-order valence-corrected chi connectivity index (χ4v) is 5.11. The molecule has 5 aromatic rings. The molecule has 1 atom stereocenters. The molecule has 1 aromatic heterocycles. The fraction of sp³-hybridized carbons (Fsp3) is 0.129. The van der Waals surface area contributed by atoms with Crippen LogP contribution in [0.15, 0.2) is 95.9 Å². The summed E-state index contributed by atoms with van der Waals surface area (Å²) in [7, 11) is 2.97. The highest BCUT2D eigenvalue weighted by molar-refractivity contribution is 7.86. The van der Waals surface area contributed by atoms with E-state index >= 15 is 0 Å². The monoisotopic (exact) mass is 583 g/mol. The van der Waals surface area contributed by atoms with Crippen molar-refractivity contribution in [3.63, 3.8) is 0 Å². The van der Waals surface area contributed by atoms with Crippen molar-refractivity contribution >= 4 is 50.9 Å². The Balaban J connectivity index is 1.38. The zero-order valence-corrected chi connectivity index (χ0v) is 24.0. The first-order valence-electron chi connectivity index (χ1n) is 12.9. The van der Waals surface area contributed by atoms with Crippen molar-refractivity contribution in [1.82, 2.24) is 9.97 Å². The van der Waals surface area contributed by atoms with Crippen LogP contribution >= 0.6 is 0 Å². The van der Waals surface area contributed by atoms with Gasteiger partial charge in [-0.05, 0) is 36.4 Å². The number of carbonyl (C=O) groups is 1. The minimum absolute atomic E-state index is 0.131. The van der Waals surface area contributed by atoms with Crippen LogP contribution in [0, 0.1) is 0 Å². The number of ether oxygens (including phenoxy) is 3. The summed E-state index contributed by atoms with van der Waals surface area (Å²) < 4.78 is 32.6. The number of nitrogens with one attached hydrogen (secondary N) is 3. The Kier molecular flexibility index (Phi) is 8.78. The van der Waals surface area contributed by atoms with Crippen LogP contribution in [-0.2, 0) is 22.2 Å². The summed E-state index contributed by atoms with van der Waals surface area (Å²) in [5.74, 6) is 2.23. The van der Waals surface area contributed by atoms with Gasteiger partial charge in [0.1, 0.15) is 17.2 Å². The molecule has 0 aliphatic heterocycles. The van der Waals surface area contributed by atoms with Crippen LogP contribution in [0.5, 0.6) is 17.2 Å². The van der Waals surface area contributed by atoms with Gasteiger partial charge in [-0.2, -0.15) is 0 Å². The van der Waals surface area contributed by atoms with E-state index in [-0.39, 0.29) is 18.1 Å². The van der Waals surface area contributed by atoms with Gasteiger partial charge in [0, 0.05) is 35.1 Å². The van der Waals surface area contributed by atoms with E-state index < -0.39 is 11.0 Å². The van der Waals surface area contributed by atoms with Crippen molar-refractivity contribution in [3.05, 3.63) is 96.6 Å². The molecule has 42 heavy (non-hydrogen) atoms. The zero-order valence-electron chi connectivity index (χ0n) is 23.2. The topological polar surface area (TPSA) is 124 Å². The van der Waals surface area contributed by atoms with Gasteiger partial charge in [-0.1, -0.05) is 36.4 Å². The van der Waals surface area contributed by atoms with Crippen molar-refractivity contribution in [1.29, 1.82) is 0 Å². The Morgan fingerprint density at radius 2 is 1.40 bits per heavy atom. The van der Waals surface area contributed by atoms with Crippen LogP contribution < -0.4 is 29.6 Å². The third-order valence-corrected chi connectivity index (χ3v) is 7.31. The fourth-order valence-electron chi connectivity index (χ4n) is 4.24. The molecule has 1 unspecified atom stereocenters. The zero-order chi connectivity index (χ0) is 29.5. The third-order valence-electron chi connectivity index (χ3n) is 6.25. The summed E-state index contributed by atoms with van der Waals surface area (Å²) in [6.45, 7) is 0. The molecular weight excluding hydrogens is 554 g/mol. The van der Waals surface area contributed by atoms with Gasteiger partial charge in [0.05, 0.1) is 43.7 Å². The van der Waals surface area contributed by atoms with E-state index in [1.54, 1.807) is 63.8 Å². The average Bonchev–Trinajstić information content (AvgIpc) is 3.01. The van der Waals surface area contributed by atoms with Gasteiger partial charge >= 0.3 is 0 Å². The first-order chi connectivity index (χ1) is 20.4. The van der Waals surface area contributed by atoms with E-state index in [1.807, 2.05) is 48.5 Å². The first-order valence-corrected chi connectivity index (χ1v) is 14.1. The van der Waals surface area contributed by atoms with Crippen LogP contribution in [-0.4, -0.2) is 41.4 Å². The van der Waals surface area contributed by atoms with Crippen molar-refractivity contribution < 1.29 is 23.2 Å². The van der Waals surface area contributed by atoms with Gasteiger partial charge in [-0.15, -0.1) is 0 Å². The standard InChI is InChI=1S/C31H29N5O5S/c1-39-23-16-22(17-24(19-23)40-2)33-30-31(35-27-13-6-5-12-26(27)34-30)36-42(38)25-11-8-10-21(18-25)32-29(37)15-20-9-4-7-14-28(20)41-3/h4-14,16-19H,15H2,1-3H3,(H,32,37)(H,33,34)(H,35,36). The SMILES string of the molecule is COc1cc(Nc2nc3ccccc3nc2NS(=O)c2cccc(NC(=O)Cc3ccccc3OC)c2)cc(OC)c1. The van der Waals surface area contributed by atoms with Crippen LogP contribution in [0.25, 0.3) is 11.0 Å². The lowest BCUT2D eigenvalue weighted by atomic mass is 10.1. The number of nitrogens with zero attached hydrogens (tertiary/aromatic N) is 2. The second kappa shape index (κ2) is 13.0. The molecule has 4 aromatic carbocycles. The average molecular weight is 584 g/mol. The minimum Gasteiger partial charge on any atom is -0.497 e. The summed E-state index contributed by atoms with van der Waals surface area (Å²) in [4.78, 5) is 22.6. The number of carbonyl (C=O) groups excluding carboxylic acids is 1. The lowest BCUT2D eigenvalue weighted by Crippen LogP contribution is -2.15. The highest BCUT2D eigenvalue weighted by Gasteiger charge is 2.15. The summed E-state index contributed by atoms with van der Waals surface area (Å²) >= 11 is 0. The number of rotatable bonds is 11. The second-order valence-corrected chi connectivity index (χ2v) is 10.3. The molecule has 0 saturated carbocycles. The number of methoxy groups -OCH3 is 3. The van der Waals surface area contributed by atoms with Crippen LogP contribution in [0.4, 0.5) is 23.0 Å². The number of hydrogen-bond donors (Lipinski definition) is 3. The molecule has 214 valence electrons.